The highest BCUT2D eigenvalue weighted by atomic mass is 19.4. The van der Waals surface area contributed by atoms with Crippen molar-refractivity contribution in [1.29, 1.82) is 0 Å². The van der Waals surface area contributed by atoms with Crippen molar-refractivity contribution in [3.05, 3.63) is 56.9 Å². The molecule has 0 saturated carbocycles. The second-order valence-electron chi connectivity index (χ2n) is 8.79. The van der Waals surface area contributed by atoms with Crippen LogP contribution in [0, 0.1) is 13.8 Å². The number of nitrogens with zero attached hydrogens (tertiary/aromatic N) is 6. The van der Waals surface area contributed by atoms with Crippen LogP contribution in [0.15, 0.2) is 34.1 Å². The number of anilines is 1. The van der Waals surface area contributed by atoms with Crippen LogP contribution in [0.4, 0.5) is 27.8 Å². The van der Waals surface area contributed by atoms with Crippen molar-refractivity contribution in [2.75, 3.05) is 18.0 Å². The van der Waals surface area contributed by atoms with Gasteiger partial charge in [0.2, 0.25) is 5.88 Å². The minimum atomic E-state index is -4.54. The smallest absolute Gasteiger partial charge is 0.408 e. The lowest BCUT2D eigenvalue weighted by Crippen LogP contribution is -2.36. The lowest BCUT2D eigenvalue weighted by Gasteiger charge is -2.18. The summed E-state index contributed by atoms with van der Waals surface area (Å²) < 4.78 is 75.0. The molecular formula is C22H19F5N8O3. The van der Waals surface area contributed by atoms with Crippen molar-refractivity contribution in [2.45, 2.75) is 38.6 Å². The topological polar surface area (TPSA) is 135 Å². The fourth-order valence-electron chi connectivity index (χ4n) is 4.21. The first-order valence-corrected chi connectivity index (χ1v) is 11.2. The highest BCUT2D eigenvalue weighted by Gasteiger charge is 2.51. The van der Waals surface area contributed by atoms with Gasteiger partial charge in [-0.25, -0.2) is 28.5 Å². The third-order valence-corrected chi connectivity index (χ3v) is 5.89. The summed E-state index contributed by atoms with van der Waals surface area (Å²) in [5.74, 6) is -3.39. The highest BCUT2D eigenvalue weighted by molar-refractivity contribution is 5.81. The van der Waals surface area contributed by atoms with E-state index in [1.54, 1.807) is 0 Å². The monoisotopic (exact) mass is 538 g/mol. The van der Waals surface area contributed by atoms with E-state index in [0.717, 1.165) is 16.9 Å². The highest BCUT2D eigenvalue weighted by Crippen LogP contribution is 2.35. The summed E-state index contributed by atoms with van der Waals surface area (Å²) in [4.78, 5) is 41.5. The number of hydrogen-bond donors (Lipinski definition) is 2. The Kier molecular flexibility index (Phi) is 5.91. The summed E-state index contributed by atoms with van der Waals surface area (Å²) in [5, 5.41) is 4.20. The summed E-state index contributed by atoms with van der Waals surface area (Å²) in [5.41, 5.74) is -0.960. The van der Waals surface area contributed by atoms with Crippen molar-refractivity contribution in [3.8, 4) is 17.1 Å². The van der Waals surface area contributed by atoms with E-state index >= 15 is 0 Å². The van der Waals surface area contributed by atoms with E-state index in [9.17, 15) is 31.5 Å². The summed E-state index contributed by atoms with van der Waals surface area (Å²) in [6.07, 6.45) is -3.86. The number of halogens is 5. The normalized spacial score (nSPS) is 17.3. The number of pyridine rings is 1. The number of fused-ring (bicyclic) bond motifs is 1. The summed E-state index contributed by atoms with van der Waals surface area (Å²) in [6, 6.07) is 2.48. The van der Waals surface area contributed by atoms with Gasteiger partial charge in [-0.15, -0.1) is 0 Å². The fourth-order valence-corrected chi connectivity index (χ4v) is 4.21. The lowest BCUT2D eigenvalue weighted by molar-refractivity contribution is -0.141. The summed E-state index contributed by atoms with van der Waals surface area (Å²) >= 11 is 0. The van der Waals surface area contributed by atoms with Gasteiger partial charge in [0.15, 0.2) is 6.10 Å². The molecule has 0 radical (unpaired) electrons. The molecule has 0 amide bonds. The maximum atomic E-state index is 15.0. The molecule has 0 aliphatic carbocycles. The minimum absolute atomic E-state index is 0.0124. The number of nitrogens with one attached hydrogen (secondary N) is 2. The van der Waals surface area contributed by atoms with Crippen LogP contribution in [-0.4, -0.2) is 66.0 Å². The number of H-pyrrole nitrogens is 2. The zero-order valence-corrected chi connectivity index (χ0v) is 19.8. The number of rotatable bonds is 5. The zero-order valence-electron chi connectivity index (χ0n) is 19.8. The van der Waals surface area contributed by atoms with Gasteiger partial charge in [-0.05, 0) is 13.8 Å². The zero-order chi connectivity index (χ0) is 27.4. The fraction of sp³-hybridized carbons (Fsp3) is 0.364. The molecule has 0 bridgehead atoms. The van der Waals surface area contributed by atoms with Crippen molar-refractivity contribution >= 4 is 16.7 Å². The molecule has 1 fully saturated rings. The van der Waals surface area contributed by atoms with E-state index in [2.05, 4.69) is 30.0 Å². The van der Waals surface area contributed by atoms with Crippen LogP contribution in [0.3, 0.4) is 0 Å². The summed E-state index contributed by atoms with van der Waals surface area (Å²) in [7, 11) is 0. The first-order chi connectivity index (χ1) is 17.8. The number of aromatic nitrogens is 7. The number of hydrogen-bond acceptors (Lipinski definition) is 8. The second-order valence-corrected chi connectivity index (χ2v) is 8.79. The molecule has 16 heteroatoms. The Labute approximate surface area is 209 Å². The average Bonchev–Trinajstić information content (AvgIpc) is 3.27. The van der Waals surface area contributed by atoms with E-state index in [1.165, 1.54) is 31.0 Å². The van der Waals surface area contributed by atoms with Gasteiger partial charge in [0.1, 0.15) is 18.2 Å². The van der Waals surface area contributed by atoms with E-state index in [0.29, 0.717) is 11.1 Å². The molecule has 1 aliphatic rings. The summed E-state index contributed by atoms with van der Waals surface area (Å²) in [6.45, 7) is 0.537. The number of ether oxygens (including phenoxy) is 1. The molecule has 1 aliphatic heterocycles. The quantitative estimate of drug-likeness (QED) is 0.370. The van der Waals surface area contributed by atoms with Gasteiger partial charge < -0.3 is 14.6 Å². The Balaban J connectivity index is 1.42. The molecular weight excluding hydrogens is 519 g/mol. The Morgan fingerprint density at radius 3 is 2.66 bits per heavy atom. The van der Waals surface area contributed by atoms with Crippen LogP contribution in [0.5, 0.6) is 5.88 Å². The van der Waals surface area contributed by atoms with E-state index in [4.69, 9.17) is 4.74 Å². The molecule has 1 saturated heterocycles. The first-order valence-electron chi connectivity index (χ1n) is 11.2. The van der Waals surface area contributed by atoms with Crippen LogP contribution in [0.25, 0.3) is 22.2 Å². The Morgan fingerprint density at radius 2 is 1.95 bits per heavy atom. The third-order valence-electron chi connectivity index (χ3n) is 5.89. The predicted octanol–water partition coefficient (Wildman–Crippen LogP) is 2.35. The van der Waals surface area contributed by atoms with Crippen molar-refractivity contribution in [1.82, 2.24) is 34.7 Å². The van der Waals surface area contributed by atoms with Gasteiger partial charge in [0.25, 0.3) is 5.56 Å². The van der Waals surface area contributed by atoms with Gasteiger partial charge >= 0.3 is 17.8 Å². The van der Waals surface area contributed by atoms with E-state index in [-0.39, 0.29) is 40.8 Å². The number of aromatic amines is 2. The maximum Gasteiger partial charge on any atom is 0.408 e. The molecule has 0 aromatic carbocycles. The Morgan fingerprint density at radius 1 is 1.18 bits per heavy atom. The van der Waals surface area contributed by atoms with Crippen LogP contribution in [-0.2, 0) is 6.54 Å². The molecule has 38 heavy (non-hydrogen) atoms. The van der Waals surface area contributed by atoms with Crippen molar-refractivity contribution in [3.63, 3.8) is 0 Å². The van der Waals surface area contributed by atoms with Gasteiger partial charge in [-0.2, -0.15) is 18.3 Å². The standard InChI is InChI=1S/C22H19F5N8O3/c1-10-12-5-28-18(4-15(12)35(33-10)9-22(25,26)27)38-16-7-34(8-21(16,23)24)17-3-14(30-11(2)31-17)13-6-29-20(37)32-19(13)36/h3-6,16H,7-9H2,1-2H3,(H2,29,32,36,37)/t16-/m0/s1. The number of aryl methyl sites for hydroxylation is 2. The van der Waals surface area contributed by atoms with Crippen LogP contribution in [0.1, 0.15) is 11.5 Å². The minimum Gasteiger partial charge on any atom is -0.466 e. The molecule has 5 heterocycles. The third kappa shape index (κ3) is 4.92. The molecule has 4 aromatic heterocycles. The van der Waals surface area contributed by atoms with E-state index < -0.39 is 42.5 Å². The van der Waals surface area contributed by atoms with Crippen molar-refractivity contribution in [2.24, 2.45) is 0 Å². The lowest BCUT2D eigenvalue weighted by atomic mass is 10.2. The molecule has 200 valence electrons. The van der Waals surface area contributed by atoms with Gasteiger partial charge in [-0.1, -0.05) is 0 Å². The van der Waals surface area contributed by atoms with E-state index in [1.807, 2.05) is 0 Å². The number of alkyl halides is 5. The molecule has 1 atom stereocenters. The molecule has 11 nitrogen and oxygen atoms in total. The molecule has 4 aromatic rings. The van der Waals surface area contributed by atoms with Crippen molar-refractivity contribution < 1.29 is 26.7 Å². The largest absolute Gasteiger partial charge is 0.466 e. The molecule has 5 rings (SSSR count). The van der Waals surface area contributed by atoms with Crippen LogP contribution >= 0.6 is 0 Å². The van der Waals surface area contributed by atoms with Gasteiger partial charge in [0.05, 0.1) is 35.6 Å². The first kappa shape index (κ1) is 25.3. The second kappa shape index (κ2) is 8.88. The molecule has 2 N–H and O–H groups in total. The van der Waals surface area contributed by atoms with Crippen LogP contribution < -0.4 is 20.9 Å². The SMILES string of the molecule is Cc1nc(-c2c[nH]c(=O)[nH]c2=O)cc(N2C[C@H](Oc3cc4c(cn3)c(C)nn4CC(F)(F)F)C(F)(F)C2)n1. The van der Waals surface area contributed by atoms with Crippen LogP contribution in [0.2, 0.25) is 0 Å². The molecule has 0 unspecified atom stereocenters. The Hall–Kier alpha value is -4.37. The van der Waals surface area contributed by atoms with Gasteiger partial charge in [-0.3, -0.25) is 14.5 Å². The average molecular weight is 538 g/mol. The Bertz CT molecular complexity index is 1640. The maximum absolute atomic E-state index is 15.0. The predicted molar refractivity (Wildman–Crippen MR) is 123 cm³/mol. The molecule has 0 spiro atoms. The van der Waals surface area contributed by atoms with Gasteiger partial charge in [0, 0.05) is 29.9 Å².